The third kappa shape index (κ3) is 2.88. The van der Waals surface area contributed by atoms with Crippen molar-refractivity contribution in [3.8, 4) is 0 Å². The molecule has 1 saturated heterocycles. The minimum absolute atomic E-state index is 0.0764. The van der Waals surface area contributed by atoms with Crippen LogP contribution in [-0.4, -0.2) is 31.2 Å². The van der Waals surface area contributed by atoms with E-state index in [4.69, 9.17) is 10.5 Å². The Morgan fingerprint density at radius 1 is 1.44 bits per heavy atom. The first kappa shape index (κ1) is 11.3. The highest BCUT2D eigenvalue weighted by Crippen LogP contribution is 2.08. The van der Waals surface area contributed by atoms with Crippen LogP contribution in [0, 0.1) is 0 Å². The van der Waals surface area contributed by atoms with E-state index in [1.54, 1.807) is 0 Å². The largest absolute Gasteiger partial charge is 0.361 e. The van der Waals surface area contributed by atoms with Crippen molar-refractivity contribution in [2.75, 3.05) is 13.2 Å². The lowest BCUT2D eigenvalue weighted by Gasteiger charge is -2.27. The van der Waals surface area contributed by atoms with Crippen LogP contribution in [0.2, 0.25) is 0 Å². The van der Waals surface area contributed by atoms with Crippen molar-refractivity contribution in [3.63, 3.8) is 0 Å². The molecule has 0 spiro atoms. The van der Waals surface area contributed by atoms with E-state index in [0.717, 1.165) is 5.56 Å². The Labute approximate surface area is 94.8 Å². The lowest BCUT2D eigenvalue weighted by molar-refractivity contribution is 0.00708. The first-order valence-electron chi connectivity index (χ1n) is 5.44. The zero-order valence-electron chi connectivity index (χ0n) is 9.06. The summed E-state index contributed by atoms with van der Waals surface area (Å²) >= 11 is 0. The van der Waals surface area contributed by atoms with Crippen molar-refractivity contribution in [3.05, 3.63) is 35.9 Å². The van der Waals surface area contributed by atoms with Gasteiger partial charge < -0.3 is 15.8 Å². The Bertz CT molecular complexity index is 345. The summed E-state index contributed by atoms with van der Waals surface area (Å²) in [5.74, 6) is 0.136. The topological polar surface area (TPSA) is 64.3 Å². The highest BCUT2D eigenvalue weighted by molar-refractivity contribution is 5.96. The smallest absolute Gasteiger partial charge is 0.164 e. The molecule has 2 atom stereocenters. The van der Waals surface area contributed by atoms with Crippen LogP contribution in [0.3, 0.4) is 0 Å². The summed E-state index contributed by atoms with van der Waals surface area (Å²) in [6, 6.07) is 9.38. The molecule has 0 bridgehead atoms. The molecular formula is C12H16N2O2. The summed E-state index contributed by atoms with van der Waals surface area (Å²) in [6.45, 7) is 1.10. The number of ketones is 1. The van der Waals surface area contributed by atoms with Gasteiger partial charge in [-0.2, -0.15) is 0 Å². The van der Waals surface area contributed by atoms with Crippen molar-refractivity contribution in [2.45, 2.75) is 18.7 Å². The number of Topliss-reactive ketones (excluding diaryl/α,β-unsaturated/α-hetero) is 1. The molecule has 2 unspecified atom stereocenters. The summed E-state index contributed by atoms with van der Waals surface area (Å²) in [7, 11) is 0. The molecule has 1 aromatic rings. The summed E-state index contributed by atoms with van der Waals surface area (Å²) in [4.78, 5) is 11.9. The number of ether oxygens (including phenoxy) is 1. The van der Waals surface area contributed by atoms with Gasteiger partial charge in [-0.1, -0.05) is 30.3 Å². The molecule has 4 nitrogen and oxygen atoms in total. The van der Waals surface area contributed by atoms with E-state index >= 15 is 0 Å². The van der Waals surface area contributed by atoms with Gasteiger partial charge in [-0.05, 0) is 0 Å². The molecule has 0 aliphatic carbocycles. The number of hydrogen-bond acceptors (Lipinski definition) is 4. The zero-order valence-corrected chi connectivity index (χ0v) is 9.06. The normalized spacial score (nSPS) is 25.3. The van der Waals surface area contributed by atoms with E-state index in [0.29, 0.717) is 19.6 Å². The Balaban J connectivity index is 1.88. The maximum absolute atomic E-state index is 11.9. The van der Waals surface area contributed by atoms with Gasteiger partial charge in [0, 0.05) is 24.6 Å². The van der Waals surface area contributed by atoms with Gasteiger partial charge in [-0.25, -0.2) is 0 Å². The van der Waals surface area contributed by atoms with Gasteiger partial charge in [0.1, 0.15) is 6.23 Å². The average molecular weight is 220 g/mol. The fourth-order valence-corrected chi connectivity index (χ4v) is 1.74. The molecule has 1 heterocycles. The predicted octanol–water partition coefficient (Wildman–Crippen LogP) is 0.533. The van der Waals surface area contributed by atoms with Crippen molar-refractivity contribution in [2.24, 2.45) is 5.73 Å². The summed E-state index contributed by atoms with van der Waals surface area (Å²) in [5.41, 5.74) is 6.32. The van der Waals surface area contributed by atoms with Gasteiger partial charge in [-0.3, -0.25) is 4.79 Å². The molecule has 0 radical (unpaired) electrons. The van der Waals surface area contributed by atoms with E-state index in [1.807, 2.05) is 30.3 Å². The van der Waals surface area contributed by atoms with Crippen LogP contribution in [0.25, 0.3) is 0 Å². The van der Waals surface area contributed by atoms with E-state index < -0.39 is 0 Å². The van der Waals surface area contributed by atoms with Crippen LogP contribution in [-0.2, 0) is 4.74 Å². The lowest BCUT2D eigenvalue weighted by Crippen LogP contribution is -2.50. The van der Waals surface area contributed by atoms with Gasteiger partial charge in [-0.15, -0.1) is 0 Å². The maximum Gasteiger partial charge on any atom is 0.164 e. The molecule has 0 aromatic heterocycles. The number of nitrogens with one attached hydrogen (secondary N) is 1. The van der Waals surface area contributed by atoms with E-state index in [-0.39, 0.29) is 18.1 Å². The van der Waals surface area contributed by atoms with Crippen LogP contribution < -0.4 is 11.1 Å². The third-order valence-corrected chi connectivity index (χ3v) is 2.65. The number of rotatable bonds is 3. The van der Waals surface area contributed by atoms with E-state index in [9.17, 15) is 4.79 Å². The second-order valence-electron chi connectivity index (χ2n) is 3.97. The number of carbonyl (C=O) groups is 1. The molecule has 1 aliphatic rings. The Hall–Kier alpha value is -1.23. The minimum atomic E-state index is -0.247. The Kier molecular flexibility index (Phi) is 3.66. The molecule has 0 saturated carbocycles. The first-order valence-corrected chi connectivity index (χ1v) is 5.44. The molecule has 1 aromatic carbocycles. The van der Waals surface area contributed by atoms with Gasteiger partial charge >= 0.3 is 0 Å². The number of morpholine rings is 1. The summed E-state index contributed by atoms with van der Waals surface area (Å²) in [5, 5.41) is 3.20. The quantitative estimate of drug-likeness (QED) is 0.729. The molecule has 86 valence electrons. The summed E-state index contributed by atoms with van der Waals surface area (Å²) in [6.07, 6.45) is 0.208. The van der Waals surface area contributed by atoms with Crippen molar-refractivity contribution in [1.29, 1.82) is 0 Å². The standard InChI is InChI=1S/C12H16N2O2/c13-12-7-14-10(8-16-12)6-11(15)9-4-2-1-3-5-9/h1-5,10,12,14H,6-8,13H2. The fraction of sp³-hybridized carbons (Fsp3) is 0.417. The van der Waals surface area contributed by atoms with Gasteiger partial charge in [0.15, 0.2) is 5.78 Å². The summed E-state index contributed by atoms with van der Waals surface area (Å²) < 4.78 is 5.29. The third-order valence-electron chi connectivity index (χ3n) is 2.65. The second kappa shape index (κ2) is 5.21. The SMILES string of the molecule is NC1CNC(CC(=O)c2ccccc2)CO1. The van der Waals surface area contributed by atoms with Crippen molar-refractivity contribution >= 4 is 5.78 Å². The second-order valence-corrected chi connectivity index (χ2v) is 3.97. The number of carbonyl (C=O) groups excluding carboxylic acids is 1. The highest BCUT2D eigenvalue weighted by Gasteiger charge is 2.20. The molecule has 2 rings (SSSR count). The molecule has 4 heteroatoms. The zero-order chi connectivity index (χ0) is 11.4. The fourth-order valence-electron chi connectivity index (χ4n) is 1.74. The lowest BCUT2D eigenvalue weighted by atomic mass is 10.0. The first-order chi connectivity index (χ1) is 7.75. The van der Waals surface area contributed by atoms with Crippen LogP contribution in [0.1, 0.15) is 16.8 Å². The highest BCUT2D eigenvalue weighted by atomic mass is 16.5. The van der Waals surface area contributed by atoms with Crippen molar-refractivity contribution in [1.82, 2.24) is 5.32 Å². The Morgan fingerprint density at radius 2 is 2.19 bits per heavy atom. The maximum atomic E-state index is 11.9. The van der Waals surface area contributed by atoms with Crippen LogP contribution in [0.4, 0.5) is 0 Å². The monoisotopic (exact) mass is 220 g/mol. The predicted molar refractivity (Wildman–Crippen MR) is 61.1 cm³/mol. The van der Waals surface area contributed by atoms with Crippen LogP contribution >= 0.6 is 0 Å². The minimum Gasteiger partial charge on any atom is -0.361 e. The number of hydrogen-bond donors (Lipinski definition) is 2. The average Bonchev–Trinajstić information content (AvgIpc) is 2.33. The van der Waals surface area contributed by atoms with Crippen molar-refractivity contribution < 1.29 is 9.53 Å². The molecular weight excluding hydrogens is 204 g/mol. The van der Waals surface area contributed by atoms with Gasteiger partial charge in [0.2, 0.25) is 0 Å². The molecule has 0 amide bonds. The molecule has 1 fully saturated rings. The van der Waals surface area contributed by atoms with Gasteiger partial charge in [0.05, 0.1) is 6.61 Å². The number of benzene rings is 1. The van der Waals surface area contributed by atoms with Crippen LogP contribution in [0.5, 0.6) is 0 Å². The molecule has 1 aliphatic heterocycles. The van der Waals surface area contributed by atoms with Gasteiger partial charge in [0.25, 0.3) is 0 Å². The molecule has 3 N–H and O–H groups in total. The van der Waals surface area contributed by atoms with E-state index in [1.165, 1.54) is 0 Å². The number of nitrogens with two attached hydrogens (primary N) is 1. The van der Waals surface area contributed by atoms with Crippen LogP contribution in [0.15, 0.2) is 30.3 Å². The van der Waals surface area contributed by atoms with E-state index in [2.05, 4.69) is 5.32 Å². The molecule has 16 heavy (non-hydrogen) atoms. The Morgan fingerprint density at radius 3 is 2.81 bits per heavy atom.